The summed E-state index contributed by atoms with van der Waals surface area (Å²) in [6.07, 6.45) is -0.161. The Morgan fingerprint density at radius 3 is 2.76 bits per heavy atom. The third-order valence-corrected chi connectivity index (χ3v) is 4.53. The number of rotatable bonds is 4. The Bertz CT molecular complexity index is 1070. The fourth-order valence-corrected chi connectivity index (χ4v) is 3.04. The molecule has 1 aromatic heterocycles. The van der Waals surface area contributed by atoms with Crippen molar-refractivity contribution in [2.24, 2.45) is 0 Å². The van der Waals surface area contributed by atoms with Crippen molar-refractivity contribution in [2.45, 2.75) is 40.2 Å². The summed E-state index contributed by atoms with van der Waals surface area (Å²) in [6, 6.07) is 15.5. The van der Waals surface area contributed by atoms with Gasteiger partial charge in [0.2, 0.25) is 0 Å². The third-order valence-electron chi connectivity index (χ3n) is 4.53. The van der Waals surface area contributed by atoms with Gasteiger partial charge in [-0.25, -0.2) is 4.79 Å². The molecule has 1 amide bonds. The second-order valence-electron chi connectivity index (χ2n) is 6.74. The SMILES string of the molecule is CCC#Cc1cccc(-c2onc(C)c2NC(=O)OC(C)c2ccccc2C)c1. The summed E-state index contributed by atoms with van der Waals surface area (Å²) >= 11 is 0. The van der Waals surface area contributed by atoms with Crippen LogP contribution < -0.4 is 5.32 Å². The zero-order valence-electron chi connectivity index (χ0n) is 17.1. The van der Waals surface area contributed by atoms with Crippen LogP contribution in [0.3, 0.4) is 0 Å². The minimum atomic E-state index is -0.560. The van der Waals surface area contributed by atoms with E-state index >= 15 is 0 Å². The zero-order valence-corrected chi connectivity index (χ0v) is 17.1. The lowest BCUT2D eigenvalue weighted by Crippen LogP contribution is -2.17. The standard InChI is InChI=1S/C24H24N2O3/c1-5-6-11-19-12-9-13-20(15-19)23-22(17(3)26-29-23)25-24(27)28-18(4)21-14-8-7-10-16(21)2/h7-10,12-15,18H,5H2,1-4H3,(H,25,27). The Hall–Kier alpha value is -3.52. The largest absolute Gasteiger partial charge is 0.441 e. The number of nitrogens with zero attached hydrogens (tertiary/aromatic N) is 1. The minimum Gasteiger partial charge on any atom is -0.441 e. The van der Waals surface area contributed by atoms with Crippen LogP contribution in [0.4, 0.5) is 10.5 Å². The van der Waals surface area contributed by atoms with Crippen molar-refractivity contribution in [1.82, 2.24) is 5.16 Å². The highest BCUT2D eigenvalue weighted by Crippen LogP contribution is 2.32. The number of carbonyl (C=O) groups excluding carboxylic acids is 1. The smallest absolute Gasteiger partial charge is 0.412 e. The third kappa shape index (κ3) is 4.85. The van der Waals surface area contributed by atoms with E-state index in [2.05, 4.69) is 22.3 Å². The van der Waals surface area contributed by atoms with E-state index in [-0.39, 0.29) is 6.10 Å². The topological polar surface area (TPSA) is 64.4 Å². The fraction of sp³-hybridized carbons (Fsp3) is 0.250. The van der Waals surface area contributed by atoms with Gasteiger partial charge in [-0.3, -0.25) is 5.32 Å². The van der Waals surface area contributed by atoms with Gasteiger partial charge >= 0.3 is 6.09 Å². The molecule has 0 saturated carbocycles. The Balaban J connectivity index is 1.80. The van der Waals surface area contributed by atoms with Crippen molar-refractivity contribution < 1.29 is 14.1 Å². The first-order valence-corrected chi connectivity index (χ1v) is 9.58. The number of ether oxygens (including phenoxy) is 1. The summed E-state index contributed by atoms with van der Waals surface area (Å²) in [4.78, 5) is 12.5. The Labute approximate surface area is 171 Å². The number of amides is 1. The van der Waals surface area contributed by atoms with E-state index in [0.29, 0.717) is 17.1 Å². The van der Waals surface area contributed by atoms with Gasteiger partial charge in [-0.15, -0.1) is 0 Å². The first-order chi connectivity index (χ1) is 14.0. The molecule has 0 fully saturated rings. The predicted molar refractivity (Wildman–Crippen MR) is 114 cm³/mol. The molecule has 148 valence electrons. The van der Waals surface area contributed by atoms with Gasteiger partial charge < -0.3 is 9.26 Å². The van der Waals surface area contributed by atoms with Crippen molar-refractivity contribution in [3.8, 4) is 23.2 Å². The van der Waals surface area contributed by atoms with Gasteiger partial charge in [-0.1, -0.05) is 60.3 Å². The van der Waals surface area contributed by atoms with Crippen LogP contribution in [0.25, 0.3) is 11.3 Å². The monoisotopic (exact) mass is 388 g/mol. The number of aryl methyl sites for hydroxylation is 2. The molecule has 1 N–H and O–H groups in total. The Morgan fingerprint density at radius 2 is 2.00 bits per heavy atom. The molecule has 0 bridgehead atoms. The van der Waals surface area contributed by atoms with Gasteiger partial charge in [-0.05, 0) is 44.0 Å². The molecule has 1 heterocycles. The van der Waals surface area contributed by atoms with E-state index in [4.69, 9.17) is 9.26 Å². The maximum atomic E-state index is 12.5. The van der Waals surface area contributed by atoms with Crippen LogP contribution in [-0.2, 0) is 4.74 Å². The summed E-state index contributed by atoms with van der Waals surface area (Å²) < 4.78 is 11.1. The highest BCUT2D eigenvalue weighted by Gasteiger charge is 2.20. The minimum absolute atomic E-state index is 0.382. The van der Waals surface area contributed by atoms with Crippen LogP contribution in [0.5, 0.6) is 0 Å². The van der Waals surface area contributed by atoms with Gasteiger partial charge in [0.25, 0.3) is 0 Å². The lowest BCUT2D eigenvalue weighted by atomic mass is 10.1. The first-order valence-electron chi connectivity index (χ1n) is 9.58. The number of nitrogens with one attached hydrogen (secondary N) is 1. The normalized spacial score (nSPS) is 11.3. The number of aromatic nitrogens is 1. The lowest BCUT2D eigenvalue weighted by Gasteiger charge is -2.16. The summed E-state index contributed by atoms with van der Waals surface area (Å²) in [5, 5.41) is 6.79. The fourth-order valence-electron chi connectivity index (χ4n) is 3.04. The molecule has 5 nitrogen and oxygen atoms in total. The van der Waals surface area contributed by atoms with Gasteiger partial charge in [0.1, 0.15) is 17.5 Å². The molecular formula is C24H24N2O3. The molecule has 0 radical (unpaired) electrons. The molecule has 0 aliphatic rings. The van der Waals surface area contributed by atoms with E-state index in [9.17, 15) is 4.79 Å². The van der Waals surface area contributed by atoms with Crippen molar-refractivity contribution in [3.63, 3.8) is 0 Å². The number of benzene rings is 2. The van der Waals surface area contributed by atoms with Crippen LogP contribution in [0, 0.1) is 25.7 Å². The summed E-state index contributed by atoms with van der Waals surface area (Å²) in [6.45, 7) is 7.61. The van der Waals surface area contributed by atoms with E-state index in [0.717, 1.165) is 28.7 Å². The molecule has 2 aromatic carbocycles. The zero-order chi connectivity index (χ0) is 20.8. The van der Waals surface area contributed by atoms with E-state index in [1.165, 1.54) is 0 Å². The van der Waals surface area contributed by atoms with E-state index in [1.807, 2.05) is 69.3 Å². The van der Waals surface area contributed by atoms with Gasteiger partial charge in [0.15, 0.2) is 5.76 Å². The first kappa shape index (κ1) is 20.2. The molecular weight excluding hydrogens is 364 g/mol. The van der Waals surface area contributed by atoms with Crippen LogP contribution in [0.15, 0.2) is 53.1 Å². The van der Waals surface area contributed by atoms with Gasteiger partial charge in [0, 0.05) is 17.5 Å². The van der Waals surface area contributed by atoms with Crippen LogP contribution in [0.2, 0.25) is 0 Å². The highest BCUT2D eigenvalue weighted by atomic mass is 16.6. The predicted octanol–water partition coefficient (Wildman–Crippen LogP) is 6.03. The highest BCUT2D eigenvalue weighted by molar-refractivity contribution is 5.91. The second kappa shape index (κ2) is 9.11. The molecule has 0 aliphatic carbocycles. The maximum absolute atomic E-state index is 12.5. The molecule has 0 aliphatic heterocycles. The summed E-state index contributed by atoms with van der Waals surface area (Å²) in [7, 11) is 0. The molecule has 0 saturated heterocycles. The van der Waals surface area contributed by atoms with Crippen molar-refractivity contribution in [2.75, 3.05) is 5.32 Å². The molecule has 1 atom stereocenters. The quantitative estimate of drug-likeness (QED) is 0.554. The number of carbonyl (C=O) groups is 1. The summed E-state index contributed by atoms with van der Waals surface area (Å²) in [5.74, 6) is 6.62. The van der Waals surface area contributed by atoms with Gasteiger partial charge in [-0.2, -0.15) is 0 Å². The molecule has 1 unspecified atom stereocenters. The lowest BCUT2D eigenvalue weighted by molar-refractivity contribution is 0.121. The maximum Gasteiger partial charge on any atom is 0.412 e. The van der Waals surface area contributed by atoms with E-state index < -0.39 is 6.09 Å². The van der Waals surface area contributed by atoms with Crippen LogP contribution in [0.1, 0.15) is 48.8 Å². The van der Waals surface area contributed by atoms with Crippen LogP contribution >= 0.6 is 0 Å². The average molecular weight is 388 g/mol. The van der Waals surface area contributed by atoms with Crippen LogP contribution in [-0.4, -0.2) is 11.2 Å². The Morgan fingerprint density at radius 1 is 1.21 bits per heavy atom. The molecule has 5 heteroatoms. The number of hydrogen-bond donors (Lipinski definition) is 1. The summed E-state index contributed by atoms with van der Waals surface area (Å²) in [5.41, 5.74) is 4.76. The molecule has 3 aromatic rings. The molecule has 29 heavy (non-hydrogen) atoms. The average Bonchev–Trinajstić information content (AvgIpc) is 3.07. The molecule has 0 spiro atoms. The second-order valence-corrected chi connectivity index (χ2v) is 6.74. The molecule has 3 rings (SSSR count). The number of hydrogen-bond acceptors (Lipinski definition) is 4. The van der Waals surface area contributed by atoms with Crippen molar-refractivity contribution >= 4 is 11.8 Å². The van der Waals surface area contributed by atoms with E-state index in [1.54, 1.807) is 6.92 Å². The Kier molecular flexibility index (Phi) is 6.36. The van der Waals surface area contributed by atoms with Gasteiger partial charge in [0.05, 0.1) is 0 Å². The number of anilines is 1. The van der Waals surface area contributed by atoms with Crippen molar-refractivity contribution in [3.05, 3.63) is 70.9 Å². The van der Waals surface area contributed by atoms with Crippen molar-refractivity contribution in [1.29, 1.82) is 0 Å².